The predicted molar refractivity (Wildman–Crippen MR) is 54.5 cm³/mol. The second-order valence-electron chi connectivity index (χ2n) is 2.94. The first-order valence-electron chi connectivity index (χ1n) is 4.30. The van der Waals surface area contributed by atoms with Crippen LogP contribution in [0.4, 0.5) is 0 Å². The van der Waals surface area contributed by atoms with E-state index in [2.05, 4.69) is 0 Å². The molecule has 0 aliphatic heterocycles. The minimum Gasteiger partial charge on any atom is -0.481 e. The number of benzene rings is 1. The molecule has 4 nitrogen and oxygen atoms in total. The quantitative estimate of drug-likeness (QED) is 0.730. The van der Waals surface area contributed by atoms with Gasteiger partial charge in [0.2, 0.25) is 0 Å². The van der Waals surface area contributed by atoms with Crippen LogP contribution in [-0.2, 0) is 16.0 Å². The topological polar surface area (TPSA) is 74.6 Å². The molecule has 0 spiro atoms. The van der Waals surface area contributed by atoms with Crippen molar-refractivity contribution in [3.63, 3.8) is 0 Å². The van der Waals surface area contributed by atoms with Gasteiger partial charge in [-0.25, -0.2) is 4.79 Å². The Morgan fingerprint density at radius 2 is 1.87 bits per heavy atom. The molecule has 78 valence electrons. The van der Waals surface area contributed by atoms with Crippen LogP contribution >= 0.6 is 0 Å². The van der Waals surface area contributed by atoms with Gasteiger partial charge >= 0.3 is 11.9 Å². The number of hydrogen-bond acceptors (Lipinski definition) is 2. The Bertz CT molecular complexity index is 407. The summed E-state index contributed by atoms with van der Waals surface area (Å²) in [5.74, 6) is -1.99. The first-order chi connectivity index (χ1) is 7.09. The van der Waals surface area contributed by atoms with Gasteiger partial charge in [-0.2, -0.15) is 0 Å². The monoisotopic (exact) mass is 206 g/mol. The third-order valence-electron chi connectivity index (χ3n) is 1.80. The largest absolute Gasteiger partial charge is 0.481 e. The van der Waals surface area contributed by atoms with Gasteiger partial charge in [0.25, 0.3) is 0 Å². The lowest BCUT2D eigenvalue weighted by Crippen LogP contribution is -2.01. The normalized spacial score (nSPS) is 10.4. The molecule has 0 radical (unpaired) electrons. The third kappa shape index (κ3) is 3.64. The van der Waals surface area contributed by atoms with Gasteiger partial charge in [0.05, 0.1) is 6.42 Å². The second-order valence-corrected chi connectivity index (χ2v) is 2.94. The highest BCUT2D eigenvalue weighted by Gasteiger charge is 2.03. The molecule has 1 aromatic carbocycles. The number of carboxylic acids is 2. The molecule has 0 saturated carbocycles. The SMILES string of the molecule is O=C(O)C=Cc1ccccc1CC(=O)O. The molecule has 0 aliphatic carbocycles. The van der Waals surface area contributed by atoms with E-state index in [1.807, 2.05) is 0 Å². The van der Waals surface area contributed by atoms with Crippen molar-refractivity contribution < 1.29 is 19.8 Å². The van der Waals surface area contributed by atoms with Gasteiger partial charge in [0, 0.05) is 6.08 Å². The number of aliphatic carboxylic acids is 2. The molecule has 15 heavy (non-hydrogen) atoms. The first-order valence-corrected chi connectivity index (χ1v) is 4.30. The van der Waals surface area contributed by atoms with Crippen molar-refractivity contribution in [2.45, 2.75) is 6.42 Å². The van der Waals surface area contributed by atoms with E-state index < -0.39 is 11.9 Å². The molecule has 0 unspecified atom stereocenters. The molecule has 1 rings (SSSR count). The van der Waals surface area contributed by atoms with Gasteiger partial charge in [0.15, 0.2) is 0 Å². The van der Waals surface area contributed by atoms with E-state index in [4.69, 9.17) is 10.2 Å². The summed E-state index contributed by atoms with van der Waals surface area (Å²) in [6.07, 6.45) is 2.27. The lowest BCUT2D eigenvalue weighted by Gasteiger charge is -2.01. The number of hydrogen-bond donors (Lipinski definition) is 2. The summed E-state index contributed by atoms with van der Waals surface area (Å²) in [6.45, 7) is 0. The van der Waals surface area contributed by atoms with Crippen molar-refractivity contribution in [2.24, 2.45) is 0 Å². The zero-order valence-electron chi connectivity index (χ0n) is 7.88. The van der Waals surface area contributed by atoms with Crippen LogP contribution in [0.15, 0.2) is 30.3 Å². The van der Waals surface area contributed by atoms with Crippen molar-refractivity contribution in [3.8, 4) is 0 Å². The molecule has 0 aliphatic rings. The van der Waals surface area contributed by atoms with E-state index >= 15 is 0 Å². The molecule has 0 aromatic heterocycles. The Balaban J connectivity index is 2.95. The average molecular weight is 206 g/mol. The Morgan fingerprint density at radius 3 is 2.47 bits per heavy atom. The summed E-state index contributed by atoms with van der Waals surface area (Å²) in [4.78, 5) is 20.8. The van der Waals surface area contributed by atoms with Crippen LogP contribution < -0.4 is 0 Å². The van der Waals surface area contributed by atoms with Crippen LogP contribution in [0, 0.1) is 0 Å². The lowest BCUT2D eigenvalue weighted by atomic mass is 10.0. The highest BCUT2D eigenvalue weighted by Crippen LogP contribution is 2.11. The maximum Gasteiger partial charge on any atom is 0.328 e. The van der Waals surface area contributed by atoms with E-state index in [-0.39, 0.29) is 6.42 Å². The fraction of sp³-hybridized carbons (Fsp3) is 0.0909. The maximum absolute atomic E-state index is 10.5. The maximum atomic E-state index is 10.5. The molecular weight excluding hydrogens is 196 g/mol. The molecule has 1 aromatic rings. The predicted octanol–water partition coefficient (Wildman–Crippen LogP) is 1.41. The Hall–Kier alpha value is -2.10. The van der Waals surface area contributed by atoms with E-state index in [9.17, 15) is 9.59 Å². The summed E-state index contributed by atoms with van der Waals surface area (Å²) in [5.41, 5.74) is 1.21. The zero-order chi connectivity index (χ0) is 11.3. The molecule has 0 amide bonds. The van der Waals surface area contributed by atoms with E-state index in [0.29, 0.717) is 11.1 Å². The summed E-state index contributed by atoms with van der Waals surface area (Å²) in [5, 5.41) is 17.1. The fourth-order valence-electron chi connectivity index (χ4n) is 1.18. The van der Waals surface area contributed by atoms with E-state index in [0.717, 1.165) is 6.08 Å². The van der Waals surface area contributed by atoms with Crippen LogP contribution in [0.3, 0.4) is 0 Å². The van der Waals surface area contributed by atoms with Crippen LogP contribution in [0.2, 0.25) is 0 Å². The van der Waals surface area contributed by atoms with Crippen LogP contribution in [0.25, 0.3) is 6.08 Å². The Labute approximate surface area is 86.5 Å². The van der Waals surface area contributed by atoms with E-state index in [1.165, 1.54) is 6.08 Å². The first kappa shape index (κ1) is 11.0. The van der Waals surface area contributed by atoms with Gasteiger partial charge in [-0.15, -0.1) is 0 Å². The summed E-state index contributed by atoms with van der Waals surface area (Å²) < 4.78 is 0. The highest BCUT2D eigenvalue weighted by atomic mass is 16.4. The lowest BCUT2D eigenvalue weighted by molar-refractivity contribution is -0.136. The van der Waals surface area contributed by atoms with Crippen molar-refractivity contribution >= 4 is 18.0 Å². The molecule has 2 N–H and O–H groups in total. The second kappa shape index (κ2) is 4.95. The van der Waals surface area contributed by atoms with Gasteiger partial charge in [-0.1, -0.05) is 24.3 Å². The molecule has 4 heteroatoms. The fourth-order valence-corrected chi connectivity index (χ4v) is 1.18. The molecular formula is C11H10O4. The van der Waals surface area contributed by atoms with Gasteiger partial charge < -0.3 is 10.2 Å². The standard InChI is InChI=1S/C11H10O4/c12-10(13)6-5-8-3-1-2-4-9(8)7-11(14)15/h1-6H,7H2,(H,12,13)(H,14,15). The van der Waals surface area contributed by atoms with Gasteiger partial charge in [-0.3, -0.25) is 4.79 Å². The summed E-state index contributed by atoms with van der Waals surface area (Å²) in [7, 11) is 0. The highest BCUT2D eigenvalue weighted by molar-refractivity contribution is 5.86. The zero-order valence-corrected chi connectivity index (χ0v) is 7.88. The molecule has 0 bridgehead atoms. The summed E-state index contributed by atoms with van der Waals surface area (Å²) in [6, 6.07) is 6.79. The third-order valence-corrected chi connectivity index (χ3v) is 1.80. The van der Waals surface area contributed by atoms with Crippen LogP contribution in [0.5, 0.6) is 0 Å². The van der Waals surface area contributed by atoms with Crippen molar-refractivity contribution in [3.05, 3.63) is 41.5 Å². The molecule has 0 heterocycles. The molecule has 0 fully saturated rings. The van der Waals surface area contributed by atoms with Crippen molar-refractivity contribution in [1.82, 2.24) is 0 Å². The summed E-state index contributed by atoms with van der Waals surface area (Å²) >= 11 is 0. The van der Waals surface area contributed by atoms with Gasteiger partial charge in [-0.05, 0) is 17.2 Å². The smallest absolute Gasteiger partial charge is 0.328 e. The number of rotatable bonds is 4. The van der Waals surface area contributed by atoms with Gasteiger partial charge in [0.1, 0.15) is 0 Å². The van der Waals surface area contributed by atoms with Crippen LogP contribution in [-0.4, -0.2) is 22.2 Å². The minimum absolute atomic E-state index is 0.111. The number of carbonyl (C=O) groups is 2. The Kier molecular flexibility index (Phi) is 3.62. The average Bonchev–Trinajstić information content (AvgIpc) is 2.15. The number of carboxylic acid groups (broad SMARTS) is 2. The Morgan fingerprint density at radius 1 is 1.20 bits per heavy atom. The van der Waals surface area contributed by atoms with E-state index in [1.54, 1.807) is 24.3 Å². The minimum atomic E-state index is -1.06. The molecule has 0 saturated heterocycles. The molecule has 0 atom stereocenters. The van der Waals surface area contributed by atoms with Crippen LogP contribution in [0.1, 0.15) is 11.1 Å². The van der Waals surface area contributed by atoms with Crippen molar-refractivity contribution in [2.75, 3.05) is 0 Å². The van der Waals surface area contributed by atoms with Crippen molar-refractivity contribution in [1.29, 1.82) is 0 Å².